The minimum Gasteiger partial charge on any atom is -0.484 e. The molecule has 0 unspecified atom stereocenters. The van der Waals surface area contributed by atoms with E-state index in [9.17, 15) is 4.79 Å². The molecule has 126 valence electrons. The Kier molecular flexibility index (Phi) is 4.48. The van der Waals surface area contributed by atoms with Crippen LogP contribution in [0.25, 0.3) is 11.3 Å². The largest absolute Gasteiger partial charge is 0.484 e. The molecule has 0 saturated heterocycles. The van der Waals surface area contributed by atoms with Crippen LogP contribution in [0.4, 0.5) is 5.13 Å². The average Bonchev–Trinajstić information content (AvgIpc) is 3.29. The summed E-state index contributed by atoms with van der Waals surface area (Å²) < 4.78 is 5.62. The number of ether oxygens (including phenoxy) is 1. The van der Waals surface area contributed by atoms with Crippen molar-refractivity contribution in [2.24, 2.45) is 0 Å². The number of hydrogen-bond donors (Lipinski definition) is 1. The zero-order valence-corrected chi connectivity index (χ0v) is 14.5. The topological polar surface area (TPSA) is 51.2 Å². The second-order valence-corrected chi connectivity index (χ2v) is 6.88. The molecule has 1 heterocycles. The lowest BCUT2D eigenvalue weighted by molar-refractivity contribution is -0.118. The number of aryl methyl sites for hydroxylation is 2. The monoisotopic (exact) mass is 350 g/mol. The smallest absolute Gasteiger partial charge is 0.264 e. The van der Waals surface area contributed by atoms with Gasteiger partial charge in [0.05, 0.1) is 5.69 Å². The summed E-state index contributed by atoms with van der Waals surface area (Å²) in [5, 5.41) is 5.32. The van der Waals surface area contributed by atoms with E-state index in [1.54, 1.807) is 0 Å². The first kappa shape index (κ1) is 15.8. The summed E-state index contributed by atoms with van der Waals surface area (Å²) in [6.45, 7) is -0.0148. The van der Waals surface area contributed by atoms with Gasteiger partial charge in [-0.1, -0.05) is 36.4 Å². The van der Waals surface area contributed by atoms with E-state index in [4.69, 9.17) is 4.74 Å². The second kappa shape index (κ2) is 7.07. The molecule has 0 saturated carbocycles. The van der Waals surface area contributed by atoms with Gasteiger partial charge >= 0.3 is 0 Å². The lowest BCUT2D eigenvalue weighted by atomic mass is 10.1. The van der Waals surface area contributed by atoms with Crippen LogP contribution in [0.15, 0.2) is 53.9 Å². The highest BCUT2D eigenvalue weighted by Gasteiger charge is 2.12. The van der Waals surface area contributed by atoms with Crippen molar-refractivity contribution in [3.05, 3.63) is 65.0 Å². The molecular weight excluding hydrogens is 332 g/mol. The number of amides is 1. The maximum atomic E-state index is 12.1. The van der Waals surface area contributed by atoms with Crippen LogP contribution in [-0.4, -0.2) is 17.5 Å². The molecule has 1 amide bonds. The first-order chi connectivity index (χ1) is 12.3. The first-order valence-corrected chi connectivity index (χ1v) is 9.21. The van der Waals surface area contributed by atoms with Crippen LogP contribution in [0.1, 0.15) is 17.5 Å². The predicted molar refractivity (Wildman–Crippen MR) is 100 cm³/mol. The summed E-state index contributed by atoms with van der Waals surface area (Å²) in [5.41, 5.74) is 4.63. The summed E-state index contributed by atoms with van der Waals surface area (Å²) in [7, 11) is 0. The van der Waals surface area contributed by atoms with E-state index in [-0.39, 0.29) is 12.5 Å². The highest BCUT2D eigenvalue weighted by atomic mass is 32.1. The molecule has 0 aliphatic heterocycles. The van der Waals surface area contributed by atoms with Crippen molar-refractivity contribution in [1.29, 1.82) is 0 Å². The molecule has 2 aromatic carbocycles. The molecule has 1 aromatic heterocycles. The SMILES string of the molecule is O=C(COc1ccc2c(c1)CCC2)Nc1nc(-c2ccccc2)cs1. The van der Waals surface area contributed by atoms with E-state index in [2.05, 4.69) is 16.4 Å². The van der Waals surface area contributed by atoms with Gasteiger partial charge in [0, 0.05) is 10.9 Å². The maximum Gasteiger partial charge on any atom is 0.264 e. The van der Waals surface area contributed by atoms with Gasteiger partial charge in [-0.15, -0.1) is 11.3 Å². The highest BCUT2D eigenvalue weighted by molar-refractivity contribution is 7.14. The van der Waals surface area contributed by atoms with Crippen molar-refractivity contribution >= 4 is 22.4 Å². The standard InChI is InChI=1S/C20H18N2O2S/c23-19(12-24-17-10-9-14-7-4-8-16(14)11-17)22-20-21-18(13-25-20)15-5-2-1-3-6-15/h1-3,5-6,9-11,13H,4,7-8,12H2,(H,21,22,23). The van der Waals surface area contributed by atoms with Gasteiger partial charge in [0.25, 0.3) is 5.91 Å². The van der Waals surface area contributed by atoms with Crippen LogP contribution in [0.2, 0.25) is 0 Å². The van der Waals surface area contributed by atoms with E-state index >= 15 is 0 Å². The first-order valence-electron chi connectivity index (χ1n) is 8.33. The minimum atomic E-state index is -0.200. The molecule has 1 aliphatic rings. The number of nitrogens with zero attached hydrogens (tertiary/aromatic N) is 1. The number of benzene rings is 2. The van der Waals surface area contributed by atoms with E-state index in [1.165, 1.54) is 28.9 Å². The Morgan fingerprint density at radius 3 is 2.84 bits per heavy atom. The van der Waals surface area contributed by atoms with Gasteiger partial charge in [0.15, 0.2) is 11.7 Å². The second-order valence-electron chi connectivity index (χ2n) is 6.02. The predicted octanol–water partition coefficient (Wildman–Crippen LogP) is 4.32. The van der Waals surface area contributed by atoms with Gasteiger partial charge < -0.3 is 4.74 Å². The number of fused-ring (bicyclic) bond motifs is 1. The van der Waals surface area contributed by atoms with Crippen LogP contribution < -0.4 is 10.1 Å². The molecule has 1 N–H and O–H groups in total. The van der Waals surface area contributed by atoms with E-state index in [1.807, 2.05) is 47.8 Å². The molecule has 5 heteroatoms. The molecule has 0 bridgehead atoms. The summed E-state index contributed by atoms with van der Waals surface area (Å²) in [4.78, 5) is 16.5. The summed E-state index contributed by atoms with van der Waals surface area (Å²) in [6.07, 6.45) is 3.44. The summed E-state index contributed by atoms with van der Waals surface area (Å²) >= 11 is 1.41. The fraction of sp³-hybridized carbons (Fsp3) is 0.200. The van der Waals surface area contributed by atoms with Gasteiger partial charge in [0.1, 0.15) is 5.75 Å². The number of nitrogens with one attached hydrogen (secondary N) is 1. The lowest BCUT2D eigenvalue weighted by Crippen LogP contribution is -2.20. The Morgan fingerprint density at radius 1 is 1.12 bits per heavy atom. The van der Waals surface area contributed by atoms with Crippen LogP contribution in [0, 0.1) is 0 Å². The molecule has 4 rings (SSSR count). The van der Waals surface area contributed by atoms with Crippen LogP contribution in [-0.2, 0) is 17.6 Å². The molecule has 0 atom stereocenters. The quantitative estimate of drug-likeness (QED) is 0.746. The number of aromatic nitrogens is 1. The zero-order chi connectivity index (χ0) is 17.1. The van der Waals surface area contributed by atoms with Crippen molar-refractivity contribution in [2.45, 2.75) is 19.3 Å². The van der Waals surface area contributed by atoms with Crippen LogP contribution in [0.5, 0.6) is 5.75 Å². The van der Waals surface area contributed by atoms with E-state index in [0.29, 0.717) is 5.13 Å². The van der Waals surface area contributed by atoms with Gasteiger partial charge in [-0.05, 0) is 42.5 Å². The third-order valence-electron chi connectivity index (χ3n) is 4.26. The molecule has 1 aliphatic carbocycles. The van der Waals surface area contributed by atoms with Crippen molar-refractivity contribution < 1.29 is 9.53 Å². The van der Waals surface area contributed by atoms with Crippen molar-refractivity contribution in [3.63, 3.8) is 0 Å². The van der Waals surface area contributed by atoms with Gasteiger partial charge in [-0.25, -0.2) is 4.98 Å². The Morgan fingerprint density at radius 2 is 1.96 bits per heavy atom. The Labute approximate surface area is 150 Å². The van der Waals surface area contributed by atoms with E-state index < -0.39 is 0 Å². The van der Waals surface area contributed by atoms with Crippen molar-refractivity contribution in [2.75, 3.05) is 11.9 Å². The van der Waals surface area contributed by atoms with Gasteiger partial charge in [-0.3, -0.25) is 10.1 Å². The number of carbonyl (C=O) groups is 1. The van der Waals surface area contributed by atoms with E-state index in [0.717, 1.165) is 29.8 Å². The normalized spacial score (nSPS) is 12.6. The van der Waals surface area contributed by atoms with Crippen molar-refractivity contribution in [3.8, 4) is 17.0 Å². The molecule has 0 radical (unpaired) electrons. The molecule has 0 spiro atoms. The molecule has 0 fully saturated rings. The Balaban J connectivity index is 1.34. The lowest BCUT2D eigenvalue weighted by Gasteiger charge is -2.07. The molecular formula is C20H18N2O2S. The van der Waals surface area contributed by atoms with Crippen LogP contribution >= 0.6 is 11.3 Å². The Hall–Kier alpha value is -2.66. The molecule has 4 nitrogen and oxygen atoms in total. The third kappa shape index (κ3) is 3.72. The fourth-order valence-corrected chi connectivity index (χ4v) is 3.75. The molecule has 25 heavy (non-hydrogen) atoms. The minimum absolute atomic E-state index is 0.0148. The van der Waals surface area contributed by atoms with Gasteiger partial charge in [0.2, 0.25) is 0 Å². The number of thiazole rings is 1. The number of carbonyl (C=O) groups excluding carboxylic acids is 1. The molecule has 3 aromatic rings. The zero-order valence-electron chi connectivity index (χ0n) is 13.7. The van der Waals surface area contributed by atoms with Gasteiger partial charge in [-0.2, -0.15) is 0 Å². The average molecular weight is 350 g/mol. The number of hydrogen-bond acceptors (Lipinski definition) is 4. The number of anilines is 1. The number of rotatable bonds is 5. The summed E-state index contributed by atoms with van der Waals surface area (Å²) in [6, 6.07) is 16.0. The van der Waals surface area contributed by atoms with Crippen LogP contribution in [0.3, 0.4) is 0 Å². The summed E-state index contributed by atoms with van der Waals surface area (Å²) in [5.74, 6) is 0.550. The fourth-order valence-electron chi connectivity index (χ4n) is 3.01. The third-order valence-corrected chi connectivity index (χ3v) is 5.02. The highest BCUT2D eigenvalue weighted by Crippen LogP contribution is 2.26. The Bertz CT molecular complexity index is 890. The van der Waals surface area contributed by atoms with Crippen molar-refractivity contribution in [1.82, 2.24) is 4.98 Å². The maximum absolute atomic E-state index is 12.1.